The van der Waals surface area contributed by atoms with Gasteiger partial charge in [0.1, 0.15) is 5.65 Å². The molecule has 158 valence electrons. The average molecular weight is 406 g/mol. The van der Waals surface area contributed by atoms with Crippen molar-refractivity contribution in [3.63, 3.8) is 0 Å². The minimum Gasteiger partial charge on any atom is -0.341 e. The maximum Gasteiger partial charge on any atom is 0.225 e. The molecule has 2 aliphatic rings. The van der Waals surface area contributed by atoms with E-state index in [1.807, 2.05) is 18.6 Å². The number of aromatic nitrogens is 4. The van der Waals surface area contributed by atoms with Crippen LogP contribution < -0.4 is 10.2 Å². The summed E-state index contributed by atoms with van der Waals surface area (Å²) in [4.78, 5) is 19.2. The number of piperazine rings is 1. The van der Waals surface area contributed by atoms with E-state index in [9.17, 15) is 0 Å². The van der Waals surface area contributed by atoms with E-state index in [1.54, 1.807) is 0 Å². The number of hydrogen-bond donors (Lipinski definition) is 1. The molecule has 1 N–H and O–H groups in total. The standard InChI is InChI=1S/C23H31N7/c1-3-21-20(18-14-17(2)22-25-8-13-30(22)16-18)15-26-23(27-21)29-9-4-19(5-10-29)28-11-6-24-7-12-28/h8,13-16,19,24H,3-7,9-12H2,1-2H3. The summed E-state index contributed by atoms with van der Waals surface area (Å²) in [7, 11) is 0. The third kappa shape index (κ3) is 3.68. The Bertz CT molecular complexity index is 1010. The molecule has 0 atom stereocenters. The van der Waals surface area contributed by atoms with Gasteiger partial charge in [0.05, 0.1) is 5.69 Å². The number of nitrogens with one attached hydrogen (secondary N) is 1. The van der Waals surface area contributed by atoms with Crippen LogP contribution in [0.5, 0.6) is 0 Å². The molecule has 7 heteroatoms. The average Bonchev–Trinajstić information content (AvgIpc) is 3.29. The summed E-state index contributed by atoms with van der Waals surface area (Å²) >= 11 is 0. The monoisotopic (exact) mass is 405 g/mol. The SMILES string of the molecule is CCc1nc(N2CCC(N3CCNCC3)CC2)ncc1-c1cc(C)c2nccn2c1. The number of pyridine rings is 1. The lowest BCUT2D eigenvalue weighted by atomic mass is 10.0. The van der Waals surface area contributed by atoms with E-state index in [0.717, 1.165) is 61.0 Å². The van der Waals surface area contributed by atoms with Gasteiger partial charge < -0.3 is 14.6 Å². The van der Waals surface area contributed by atoms with Crippen molar-refractivity contribution >= 4 is 11.6 Å². The highest BCUT2D eigenvalue weighted by Crippen LogP contribution is 2.27. The Morgan fingerprint density at radius 1 is 1.10 bits per heavy atom. The Balaban J connectivity index is 1.35. The molecule has 5 heterocycles. The zero-order valence-corrected chi connectivity index (χ0v) is 18.0. The predicted octanol–water partition coefficient (Wildman–Crippen LogP) is 2.54. The number of aryl methyl sites for hydroxylation is 2. The number of fused-ring (bicyclic) bond motifs is 1. The maximum atomic E-state index is 4.99. The van der Waals surface area contributed by atoms with Gasteiger partial charge in [0.15, 0.2) is 0 Å². The van der Waals surface area contributed by atoms with Crippen LogP contribution in [-0.2, 0) is 6.42 Å². The van der Waals surface area contributed by atoms with Crippen LogP contribution in [0.2, 0.25) is 0 Å². The molecule has 2 fully saturated rings. The van der Waals surface area contributed by atoms with Gasteiger partial charge in [-0.25, -0.2) is 15.0 Å². The van der Waals surface area contributed by atoms with Gasteiger partial charge in [0.2, 0.25) is 5.95 Å². The van der Waals surface area contributed by atoms with Crippen LogP contribution in [0.1, 0.15) is 31.0 Å². The van der Waals surface area contributed by atoms with Gasteiger partial charge in [0.25, 0.3) is 0 Å². The fraction of sp³-hybridized carbons (Fsp3) is 0.522. The van der Waals surface area contributed by atoms with E-state index in [0.29, 0.717) is 6.04 Å². The molecule has 0 bridgehead atoms. The van der Waals surface area contributed by atoms with E-state index < -0.39 is 0 Å². The van der Waals surface area contributed by atoms with E-state index in [4.69, 9.17) is 9.97 Å². The Kier molecular flexibility index (Phi) is 5.39. The zero-order valence-electron chi connectivity index (χ0n) is 18.0. The van der Waals surface area contributed by atoms with Crippen LogP contribution in [0.15, 0.2) is 30.9 Å². The Hall–Kier alpha value is -2.51. The first-order valence-electron chi connectivity index (χ1n) is 11.2. The van der Waals surface area contributed by atoms with Crippen molar-refractivity contribution in [2.24, 2.45) is 0 Å². The van der Waals surface area contributed by atoms with Crippen LogP contribution in [0.25, 0.3) is 16.8 Å². The molecular formula is C23H31N7. The molecule has 0 spiro atoms. The number of anilines is 1. The van der Waals surface area contributed by atoms with E-state index in [2.05, 4.69) is 50.6 Å². The Morgan fingerprint density at radius 2 is 1.90 bits per heavy atom. The van der Waals surface area contributed by atoms with E-state index in [-0.39, 0.29) is 0 Å². The first kappa shape index (κ1) is 19.5. The minimum absolute atomic E-state index is 0.707. The third-order valence-corrected chi connectivity index (χ3v) is 6.59. The molecule has 0 saturated carbocycles. The maximum absolute atomic E-state index is 4.99. The first-order chi connectivity index (χ1) is 14.7. The second kappa shape index (κ2) is 8.32. The molecule has 0 radical (unpaired) electrons. The minimum atomic E-state index is 0.707. The van der Waals surface area contributed by atoms with Crippen molar-refractivity contribution < 1.29 is 0 Å². The van der Waals surface area contributed by atoms with Crippen molar-refractivity contribution in [1.29, 1.82) is 0 Å². The molecule has 3 aromatic rings. The van der Waals surface area contributed by atoms with E-state index >= 15 is 0 Å². The molecule has 2 saturated heterocycles. The van der Waals surface area contributed by atoms with Crippen LogP contribution in [0.3, 0.4) is 0 Å². The molecule has 0 aromatic carbocycles. The third-order valence-electron chi connectivity index (χ3n) is 6.59. The van der Waals surface area contributed by atoms with Gasteiger partial charge >= 0.3 is 0 Å². The zero-order chi connectivity index (χ0) is 20.5. The number of nitrogens with zero attached hydrogens (tertiary/aromatic N) is 6. The fourth-order valence-electron chi connectivity index (χ4n) is 4.90. The summed E-state index contributed by atoms with van der Waals surface area (Å²) in [6.07, 6.45) is 11.3. The summed E-state index contributed by atoms with van der Waals surface area (Å²) in [5, 5.41) is 3.45. The van der Waals surface area contributed by atoms with Crippen LogP contribution in [0.4, 0.5) is 5.95 Å². The molecule has 2 aliphatic heterocycles. The first-order valence-corrected chi connectivity index (χ1v) is 11.2. The van der Waals surface area contributed by atoms with Gasteiger partial charge in [-0.2, -0.15) is 0 Å². The Labute approximate surface area is 178 Å². The van der Waals surface area contributed by atoms with Crippen molar-refractivity contribution in [2.75, 3.05) is 44.2 Å². The molecule has 7 nitrogen and oxygen atoms in total. The van der Waals surface area contributed by atoms with Crippen molar-refractivity contribution in [3.8, 4) is 11.1 Å². The van der Waals surface area contributed by atoms with Crippen molar-refractivity contribution in [2.45, 2.75) is 39.2 Å². The summed E-state index contributed by atoms with van der Waals surface area (Å²) < 4.78 is 2.08. The van der Waals surface area contributed by atoms with Gasteiger partial charge in [0, 0.05) is 81.2 Å². The second-order valence-corrected chi connectivity index (χ2v) is 8.46. The molecular weight excluding hydrogens is 374 g/mol. The number of imidazole rings is 1. The summed E-state index contributed by atoms with van der Waals surface area (Å²) in [5.74, 6) is 0.884. The molecule has 0 amide bonds. The Morgan fingerprint density at radius 3 is 2.67 bits per heavy atom. The highest BCUT2D eigenvalue weighted by Gasteiger charge is 2.26. The summed E-state index contributed by atoms with van der Waals surface area (Å²) in [6.45, 7) is 11.0. The lowest BCUT2D eigenvalue weighted by molar-refractivity contribution is 0.149. The van der Waals surface area contributed by atoms with E-state index in [1.165, 1.54) is 31.5 Å². The van der Waals surface area contributed by atoms with Gasteiger partial charge in [-0.05, 0) is 37.8 Å². The largest absolute Gasteiger partial charge is 0.341 e. The normalized spacial score (nSPS) is 18.9. The highest BCUT2D eigenvalue weighted by atomic mass is 15.3. The second-order valence-electron chi connectivity index (χ2n) is 8.46. The van der Waals surface area contributed by atoms with Crippen LogP contribution in [0, 0.1) is 6.92 Å². The smallest absolute Gasteiger partial charge is 0.225 e. The van der Waals surface area contributed by atoms with Crippen molar-refractivity contribution in [1.82, 2.24) is 29.6 Å². The molecule has 0 unspecified atom stereocenters. The molecule has 30 heavy (non-hydrogen) atoms. The number of hydrogen-bond acceptors (Lipinski definition) is 6. The lowest BCUT2D eigenvalue weighted by Gasteiger charge is -2.40. The van der Waals surface area contributed by atoms with Crippen molar-refractivity contribution in [3.05, 3.63) is 42.1 Å². The van der Waals surface area contributed by atoms with Gasteiger partial charge in [-0.3, -0.25) is 4.90 Å². The highest BCUT2D eigenvalue weighted by molar-refractivity contribution is 5.68. The van der Waals surface area contributed by atoms with Crippen LogP contribution in [-0.4, -0.2) is 69.6 Å². The molecule has 5 rings (SSSR count). The molecule has 3 aromatic heterocycles. The number of rotatable bonds is 4. The topological polar surface area (TPSA) is 61.6 Å². The molecule has 0 aliphatic carbocycles. The van der Waals surface area contributed by atoms with Gasteiger partial charge in [-0.15, -0.1) is 0 Å². The summed E-state index contributed by atoms with van der Waals surface area (Å²) in [6, 6.07) is 2.90. The lowest BCUT2D eigenvalue weighted by Crippen LogP contribution is -2.52. The number of piperidine rings is 1. The fourth-order valence-corrected chi connectivity index (χ4v) is 4.90. The quantitative estimate of drug-likeness (QED) is 0.720. The summed E-state index contributed by atoms with van der Waals surface area (Å²) in [5.41, 5.74) is 5.55. The predicted molar refractivity (Wildman–Crippen MR) is 120 cm³/mol. The van der Waals surface area contributed by atoms with Gasteiger partial charge in [-0.1, -0.05) is 6.92 Å². The van der Waals surface area contributed by atoms with Crippen LogP contribution >= 0.6 is 0 Å².